The molecule has 5 nitrogen and oxygen atoms in total. The zero-order valence-electron chi connectivity index (χ0n) is 15.9. The lowest BCUT2D eigenvalue weighted by Crippen LogP contribution is -2.26. The number of amides is 1. The molecule has 144 valence electrons. The van der Waals surface area contributed by atoms with Crippen LogP contribution in [0.15, 0.2) is 35.3 Å². The van der Waals surface area contributed by atoms with E-state index < -0.39 is 0 Å². The molecule has 0 bridgehead atoms. The van der Waals surface area contributed by atoms with Gasteiger partial charge in [-0.1, -0.05) is 31.7 Å². The van der Waals surface area contributed by atoms with Gasteiger partial charge in [-0.15, -0.1) is 0 Å². The minimum atomic E-state index is 0.0288. The first-order valence-corrected chi connectivity index (χ1v) is 10.4. The van der Waals surface area contributed by atoms with E-state index in [0.717, 1.165) is 43.4 Å². The van der Waals surface area contributed by atoms with Crippen molar-refractivity contribution in [1.29, 1.82) is 0 Å². The number of carbonyl (C=O) groups is 1. The van der Waals surface area contributed by atoms with Crippen molar-refractivity contribution >= 4 is 22.4 Å². The molecule has 2 N–H and O–H groups in total. The Bertz CT molecular complexity index is 859. The lowest BCUT2D eigenvalue weighted by molar-refractivity contribution is -0.117. The molecule has 1 unspecified atom stereocenters. The third kappa shape index (κ3) is 4.08. The number of pyridine rings is 1. The molecule has 1 aromatic carbocycles. The van der Waals surface area contributed by atoms with Crippen molar-refractivity contribution in [3.05, 3.63) is 40.8 Å². The van der Waals surface area contributed by atoms with E-state index in [1.165, 1.54) is 25.7 Å². The second-order valence-corrected chi connectivity index (χ2v) is 8.05. The molecule has 0 radical (unpaired) electrons. The highest BCUT2D eigenvalue weighted by Gasteiger charge is 2.20. The topological polar surface area (TPSA) is 63.1 Å². The van der Waals surface area contributed by atoms with E-state index in [9.17, 15) is 9.59 Å². The summed E-state index contributed by atoms with van der Waals surface area (Å²) in [7, 11) is 0. The molecule has 1 saturated heterocycles. The average molecular weight is 367 g/mol. The summed E-state index contributed by atoms with van der Waals surface area (Å²) in [5.41, 5.74) is 0.779. The van der Waals surface area contributed by atoms with Gasteiger partial charge < -0.3 is 15.2 Å². The molecular formula is C22H29N3O2. The molecule has 2 aliphatic rings. The maximum Gasteiger partial charge on any atom is 0.258 e. The molecule has 1 aliphatic carbocycles. The Morgan fingerprint density at radius 2 is 1.89 bits per heavy atom. The Balaban J connectivity index is 1.54. The Kier molecular flexibility index (Phi) is 5.58. The van der Waals surface area contributed by atoms with Crippen molar-refractivity contribution < 1.29 is 4.79 Å². The number of hydrogen-bond acceptors (Lipinski definition) is 3. The maximum absolute atomic E-state index is 12.9. The van der Waals surface area contributed by atoms with Gasteiger partial charge in [-0.05, 0) is 49.9 Å². The van der Waals surface area contributed by atoms with Crippen LogP contribution in [-0.2, 0) is 4.79 Å². The first kappa shape index (κ1) is 18.2. The maximum atomic E-state index is 12.9. The summed E-state index contributed by atoms with van der Waals surface area (Å²) in [6, 6.07) is 7.81. The summed E-state index contributed by atoms with van der Waals surface area (Å²) in [4.78, 5) is 25.5. The van der Waals surface area contributed by atoms with Gasteiger partial charge in [-0.3, -0.25) is 9.59 Å². The van der Waals surface area contributed by atoms with Crippen LogP contribution in [-0.4, -0.2) is 23.6 Å². The zero-order chi connectivity index (χ0) is 18.6. The number of rotatable bonds is 4. The molecular weight excluding hydrogens is 338 g/mol. The smallest absolute Gasteiger partial charge is 0.258 e. The number of anilines is 1. The van der Waals surface area contributed by atoms with E-state index >= 15 is 0 Å². The van der Waals surface area contributed by atoms with E-state index in [0.29, 0.717) is 17.7 Å². The van der Waals surface area contributed by atoms with Gasteiger partial charge in [0.2, 0.25) is 5.91 Å². The van der Waals surface area contributed by atoms with Crippen LogP contribution in [0.3, 0.4) is 0 Å². The Labute approximate surface area is 160 Å². The number of aromatic nitrogens is 1. The van der Waals surface area contributed by atoms with Crippen LogP contribution in [0.5, 0.6) is 0 Å². The highest BCUT2D eigenvalue weighted by Crippen LogP contribution is 2.27. The highest BCUT2D eigenvalue weighted by molar-refractivity contribution is 6.01. The van der Waals surface area contributed by atoms with Gasteiger partial charge >= 0.3 is 0 Å². The molecule has 27 heavy (non-hydrogen) atoms. The van der Waals surface area contributed by atoms with Crippen LogP contribution < -0.4 is 16.2 Å². The summed E-state index contributed by atoms with van der Waals surface area (Å²) < 4.78 is 1.83. The summed E-state index contributed by atoms with van der Waals surface area (Å²) in [5.74, 6) is 0.563. The normalized spacial score (nSPS) is 21.3. The number of carbonyl (C=O) groups excluding carboxylic acids is 1. The van der Waals surface area contributed by atoms with E-state index in [2.05, 4.69) is 10.6 Å². The number of benzene rings is 1. The fourth-order valence-corrected chi connectivity index (χ4v) is 4.60. The predicted octanol–water partition coefficient (Wildman–Crippen LogP) is 3.83. The fourth-order valence-electron chi connectivity index (χ4n) is 4.60. The average Bonchev–Trinajstić information content (AvgIpc) is 3.08. The van der Waals surface area contributed by atoms with Crippen molar-refractivity contribution in [2.75, 3.05) is 18.4 Å². The lowest BCUT2D eigenvalue weighted by Gasteiger charge is -2.16. The Hall–Kier alpha value is -2.14. The first-order valence-electron chi connectivity index (χ1n) is 10.4. The third-order valence-corrected chi connectivity index (χ3v) is 6.12. The second-order valence-electron chi connectivity index (χ2n) is 8.05. The lowest BCUT2D eigenvalue weighted by atomic mass is 9.96. The number of hydrogen-bond donors (Lipinski definition) is 2. The van der Waals surface area contributed by atoms with Crippen LogP contribution in [0.4, 0.5) is 5.69 Å². The number of nitrogens with zero attached hydrogens (tertiary/aromatic N) is 1. The van der Waals surface area contributed by atoms with Gasteiger partial charge in [-0.2, -0.15) is 0 Å². The standard InChI is InChI=1S/C22H29N3O2/c26-21(14-16-6-3-1-2-4-7-16)24-20-9-5-8-19-18(20)11-13-25(22(19)27)17-10-12-23-15-17/h5,8-9,11,13,16-17,23H,1-4,6-7,10,12,14-15H2,(H,24,26). The molecule has 1 amide bonds. The van der Waals surface area contributed by atoms with Gasteiger partial charge in [0.1, 0.15) is 0 Å². The molecule has 4 rings (SSSR count). The number of fused-ring (bicyclic) bond motifs is 1. The molecule has 2 heterocycles. The number of nitrogens with one attached hydrogen (secondary N) is 2. The van der Waals surface area contributed by atoms with Crippen LogP contribution in [0.1, 0.15) is 57.4 Å². The van der Waals surface area contributed by atoms with Crippen molar-refractivity contribution in [2.45, 2.75) is 57.4 Å². The van der Waals surface area contributed by atoms with E-state index in [1.807, 2.05) is 35.0 Å². The molecule has 1 aliphatic heterocycles. The molecule has 2 fully saturated rings. The van der Waals surface area contributed by atoms with E-state index in [4.69, 9.17) is 0 Å². The fraction of sp³-hybridized carbons (Fsp3) is 0.545. The zero-order valence-corrected chi connectivity index (χ0v) is 15.9. The van der Waals surface area contributed by atoms with Crippen LogP contribution >= 0.6 is 0 Å². The summed E-state index contributed by atoms with van der Waals surface area (Å²) in [6.07, 6.45) is 10.8. The second kappa shape index (κ2) is 8.26. The van der Waals surface area contributed by atoms with Crippen LogP contribution in [0, 0.1) is 5.92 Å². The Morgan fingerprint density at radius 1 is 1.07 bits per heavy atom. The van der Waals surface area contributed by atoms with Gasteiger partial charge in [0.15, 0.2) is 0 Å². The summed E-state index contributed by atoms with van der Waals surface area (Å²) in [5, 5.41) is 7.89. The minimum Gasteiger partial charge on any atom is -0.326 e. The van der Waals surface area contributed by atoms with Gasteiger partial charge in [-0.25, -0.2) is 0 Å². The van der Waals surface area contributed by atoms with Gasteiger partial charge in [0, 0.05) is 35.6 Å². The van der Waals surface area contributed by atoms with Crippen LogP contribution in [0.25, 0.3) is 10.8 Å². The SMILES string of the molecule is O=C(CC1CCCCCC1)Nc1cccc2c(=O)n(C3CCNC3)ccc12. The summed E-state index contributed by atoms with van der Waals surface area (Å²) in [6.45, 7) is 1.79. The highest BCUT2D eigenvalue weighted by atomic mass is 16.1. The van der Waals surface area contributed by atoms with Crippen molar-refractivity contribution in [2.24, 2.45) is 5.92 Å². The van der Waals surface area contributed by atoms with E-state index in [-0.39, 0.29) is 17.5 Å². The molecule has 1 aromatic heterocycles. The molecule has 0 spiro atoms. The Morgan fingerprint density at radius 3 is 2.63 bits per heavy atom. The molecule has 5 heteroatoms. The van der Waals surface area contributed by atoms with Gasteiger partial charge in [0.25, 0.3) is 5.56 Å². The summed E-state index contributed by atoms with van der Waals surface area (Å²) >= 11 is 0. The van der Waals surface area contributed by atoms with Crippen LogP contribution in [0.2, 0.25) is 0 Å². The van der Waals surface area contributed by atoms with Crippen molar-refractivity contribution in [3.63, 3.8) is 0 Å². The van der Waals surface area contributed by atoms with Crippen molar-refractivity contribution in [1.82, 2.24) is 9.88 Å². The molecule has 1 atom stereocenters. The quantitative estimate of drug-likeness (QED) is 0.807. The van der Waals surface area contributed by atoms with E-state index in [1.54, 1.807) is 0 Å². The third-order valence-electron chi connectivity index (χ3n) is 6.12. The monoisotopic (exact) mass is 367 g/mol. The largest absolute Gasteiger partial charge is 0.326 e. The first-order chi connectivity index (χ1) is 13.2. The van der Waals surface area contributed by atoms with Gasteiger partial charge in [0.05, 0.1) is 6.04 Å². The molecule has 1 saturated carbocycles. The minimum absolute atomic E-state index is 0.0288. The van der Waals surface area contributed by atoms with Crippen molar-refractivity contribution in [3.8, 4) is 0 Å². The predicted molar refractivity (Wildman–Crippen MR) is 109 cm³/mol. The molecule has 2 aromatic rings.